The van der Waals surface area contributed by atoms with Crippen LogP contribution in [0.4, 0.5) is 0 Å². The molecule has 0 aliphatic carbocycles. The molecule has 1 aliphatic heterocycles. The lowest BCUT2D eigenvalue weighted by atomic mass is 10.0. The minimum atomic E-state index is -0.0256. The number of carbonyl (C=O) groups excluding carboxylic acids is 1. The predicted molar refractivity (Wildman–Crippen MR) is 126 cm³/mol. The zero-order chi connectivity index (χ0) is 22.2. The van der Waals surface area contributed by atoms with E-state index in [1.165, 1.54) is 5.56 Å². The van der Waals surface area contributed by atoms with Gasteiger partial charge in [-0.1, -0.05) is 60.7 Å². The molecule has 5 heteroatoms. The van der Waals surface area contributed by atoms with Crippen molar-refractivity contribution >= 4 is 5.91 Å². The summed E-state index contributed by atoms with van der Waals surface area (Å²) < 4.78 is 6.08. The average Bonchev–Trinajstić information content (AvgIpc) is 2.84. The number of benzene rings is 3. The fourth-order valence-corrected chi connectivity index (χ4v) is 4.19. The third kappa shape index (κ3) is 5.75. The van der Waals surface area contributed by atoms with Gasteiger partial charge in [0.1, 0.15) is 11.5 Å². The second-order valence-electron chi connectivity index (χ2n) is 8.15. The van der Waals surface area contributed by atoms with E-state index in [2.05, 4.69) is 17.4 Å². The van der Waals surface area contributed by atoms with E-state index in [1.54, 1.807) is 0 Å². The summed E-state index contributed by atoms with van der Waals surface area (Å²) in [6.45, 7) is 2.37. The molecule has 1 aliphatic rings. The first-order chi connectivity index (χ1) is 15.7. The fraction of sp³-hybridized carbons (Fsp3) is 0.296. The summed E-state index contributed by atoms with van der Waals surface area (Å²) in [4.78, 5) is 15.2. The molecule has 0 bridgehead atoms. The van der Waals surface area contributed by atoms with E-state index < -0.39 is 0 Å². The van der Waals surface area contributed by atoms with Gasteiger partial charge in [-0.05, 0) is 47.7 Å². The summed E-state index contributed by atoms with van der Waals surface area (Å²) in [5, 5.41) is 12.8. The van der Waals surface area contributed by atoms with E-state index in [4.69, 9.17) is 4.74 Å². The van der Waals surface area contributed by atoms with Crippen molar-refractivity contribution in [3.05, 3.63) is 95.6 Å². The molecule has 0 radical (unpaired) electrons. The number of hydrogen-bond donors (Lipinski definition) is 2. The molecule has 1 fully saturated rings. The molecule has 2 N–H and O–H groups in total. The Labute approximate surface area is 189 Å². The van der Waals surface area contributed by atoms with Crippen LogP contribution >= 0.6 is 0 Å². The first-order valence-electron chi connectivity index (χ1n) is 11.2. The van der Waals surface area contributed by atoms with E-state index in [0.717, 1.165) is 42.9 Å². The summed E-state index contributed by atoms with van der Waals surface area (Å²) >= 11 is 0. The maximum atomic E-state index is 13.2. The standard InChI is InChI=1S/C27H30N2O3/c30-20-22-9-6-11-25(18-22)32-26-12-5-4-10-23(26)13-14-27(31)29-16-15-28-19-24(29)17-21-7-2-1-3-8-21/h1-12,18,24,28,30H,13-17,19-20H2/t24-/m1/s1. The molecule has 1 heterocycles. The van der Waals surface area contributed by atoms with Crippen LogP contribution < -0.4 is 10.1 Å². The number of aliphatic hydroxyl groups is 1. The highest BCUT2D eigenvalue weighted by molar-refractivity contribution is 5.77. The largest absolute Gasteiger partial charge is 0.457 e. The lowest BCUT2D eigenvalue weighted by molar-refractivity contribution is -0.134. The number of rotatable bonds is 8. The van der Waals surface area contributed by atoms with E-state index in [9.17, 15) is 9.90 Å². The summed E-state index contributed by atoms with van der Waals surface area (Å²) in [5.74, 6) is 1.61. The molecule has 1 amide bonds. The quantitative estimate of drug-likeness (QED) is 0.568. The van der Waals surface area contributed by atoms with Crippen molar-refractivity contribution in [3.63, 3.8) is 0 Å². The van der Waals surface area contributed by atoms with Crippen LogP contribution in [0, 0.1) is 0 Å². The monoisotopic (exact) mass is 430 g/mol. The number of aryl methyl sites for hydroxylation is 1. The van der Waals surface area contributed by atoms with Crippen LogP contribution in [0.15, 0.2) is 78.9 Å². The number of amides is 1. The summed E-state index contributed by atoms with van der Waals surface area (Å²) in [6, 6.07) is 25.8. The van der Waals surface area contributed by atoms with Gasteiger partial charge in [-0.15, -0.1) is 0 Å². The van der Waals surface area contributed by atoms with E-state index in [0.29, 0.717) is 18.6 Å². The highest BCUT2D eigenvalue weighted by Crippen LogP contribution is 2.27. The van der Waals surface area contributed by atoms with Gasteiger partial charge < -0.3 is 20.1 Å². The van der Waals surface area contributed by atoms with E-state index >= 15 is 0 Å². The highest BCUT2D eigenvalue weighted by atomic mass is 16.5. The van der Waals surface area contributed by atoms with Crippen molar-refractivity contribution < 1.29 is 14.6 Å². The minimum absolute atomic E-state index is 0.0256. The van der Waals surface area contributed by atoms with Gasteiger partial charge in [-0.25, -0.2) is 0 Å². The Morgan fingerprint density at radius 2 is 1.78 bits per heavy atom. The number of para-hydroxylation sites is 1. The van der Waals surface area contributed by atoms with Gasteiger partial charge in [0.05, 0.1) is 6.61 Å². The van der Waals surface area contributed by atoms with Crippen LogP contribution in [0.1, 0.15) is 23.1 Å². The third-order valence-corrected chi connectivity index (χ3v) is 5.87. The fourth-order valence-electron chi connectivity index (χ4n) is 4.19. The molecule has 4 rings (SSSR count). The molecule has 0 aromatic heterocycles. The van der Waals surface area contributed by atoms with Crippen LogP contribution in [0.3, 0.4) is 0 Å². The first-order valence-corrected chi connectivity index (χ1v) is 11.2. The number of piperazine rings is 1. The molecule has 1 saturated heterocycles. The molecule has 0 unspecified atom stereocenters. The van der Waals surface area contributed by atoms with E-state index in [-0.39, 0.29) is 18.6 Å². The Kier molecular flexibility index (Phi) is 7.54. The molecule has 166 valence electrons. The number of nitrogens with one attached hydrogen (secondary N) is 1. The number of nitrogens with zero attached hydrogens (tertiary/aromatic N) is 1. The molecule has 0 saturated carbocycles. The lowest BCUT2D eigenvalue weighted by Gasteiger charge is -2.36. The van der Waals surface area contributed by atoms with Gasteiger partial charge in [0, 0.05) is 32.1 Å². The van der Waals surface area contributed by atoms with Gasteiger partial charge in [0.25, 0.3) is 0 Å². The predicted octanol–water partition coefficient (Wildman–Crippen LogP) is 3.95. The minimum Gasteiger partial charge on any atom is -0.457 e. The average molecular weight is 431 g/mol. The summed E-state index contributed by atoms with van der Waals surface area (Å²) in [6.07, 6.45) is 1.93. The van der Waals surface area contributed by atoms with Crippen LogP contribution in [-0.4, -0.2) is 41.6 Å². The van der Waals surface area contributed by atoms with Crippen molar-refractivity contribution in [3.8, 4) is 11.5 Å². The second-order valence-corrected chi connectivity index (χ2v) is 8.15. The SMILES string of the molecule is O=C(CCc1ccccc1Oc1cccc(CO)c1)N1CCNC[C@H]1Cc1ccccc1. The molecular weight excluding hydrogens is 400 g/mol. The van der Waals surface area contributed by atoms with E-state index in [1.807, 2.05) is 71.6 Å². The Bertz CT molecular complexity index is 1020. The number of aliphatic hydroxyl groups excluding tert-OH is 1. The third-order valence-electron chi connectivity index (χ3n) is 5.87. The molecule has 5 nitrogen and oxygen atoms in total. The lowest BCUT2D eigenvalue weighted by Crippen LogP contribution is -2.54. The summed E-state index contributed by atoms with van der Waals surface area (Å²) in [7, 11) is 0. The maximum Gasteiger partial charge on any atom is 0.223 e. The molecule has 1 atom stereocenters. The highest BCUT2D eigenvalue weighted by Gasteiger charge is 2.26. The molecule has 0 spiro atoms. The van der Waals surface area contributed by atoms with Crippen molar-refractivity contribution in [2.75, 3.05) is 19.6 Å². The number of ether oxygens (including phenoxy) is 1. The molecule has 3 aromatic carbocycles. The van der Waals surface area contributed by atoms with Crippen LogP contribution in [-0.2, 0) is 24.2 Å². The first kappa shape index (κ1) is 22.1. The smallest absolute Gasteiger partial charge is 0.223 e. The molecule has 3 aromatic rings. The molecule has 32 heavy (non-hydrogen) atoms. The van der Waals surface area contributed by atoms with Gasteiger partial charge in [0.2, 0.25) is 5.91 Å². The Morgan fingerprint density at radius 3 is 2.62 bits per heavy atom. The Morgan fingerprint density at radius 1 is 1.00 bits per heavy atom. The van der Waals surface area contributed by atoms with Gasteiger partial charge in [-0.2, -0.15) is 0 Å². The number of hydrogen-bond acceptors (Lipinski definition) is 4. The van der Waals surface area contributed by atoms with Crippen LogP contribution in [0.25, 0.3) is 0 Å². The van der Waals surface area contributed by atoms with Crippen molar-refractivity contribution in [2.24, 2.45) is 0 Å². The zero-order valence-electron chi connectivity index (χ0n) is 18.2. The van der Waals surface area contributed by atoms with Gasteiger partial charge in [-0.3, -0.25) is 4.79 Å². The van der Waals surface area contributed by atoms with Gasteiger partial charge >= 0.3 is 0 Å². The van der Waals surface area contributed by atoms with Gasteiger partial charge in [0.15, 0.2) is 0 Å². The van der Waals surface area contributed by atoms with Crippen LogP contribution in [0.2, 0.25) is 0 Å². The maximum absolute atomic E-state index is 13.2. The van der Waals surface area contributed by atoms with Crippen molar-refractivity contribution in [2.45, 2.75) is 31.9 Å². The van der Waals surface area contributed by atoms with Crippen molar-refractivity contribution in [1.29, 1.82) is 0 Å². The van der Waals surface area contributed by atoms with Crippen LogP contribution in [0.5, 0.6) is 11.5 Å². The topological polar surface area (TPSA) is 61.8 Å². The summed E-state index contributed by atoms with van der Waals surface area (Å²) in [5.41, 5.74) is 3.06. The zero-order valence-corrected chi connectivity index (χ0v) is 18.2. The van der Waals surface area contributed by atoms with Crippen molar-refractivity contribution in [1.82, 2.24) is 10.2 Å². The Balaban J connectivity index is 1.41. The Hall–Kier alpha value is -3.15. The molecular formula is C27H30N2O3. The normalized spacial score (nSPS) is 16.0. The number of carbonyl (C=O) groups is 1. The second kappa shape index (κ2) is 10.9.